The van der Waals surface area contributed by atoms with Gasteiger partial charge in [-0.15, -0.1) is 0 Å². The van der Waals surface area contributed by atoms with Crippen LogP contribution in [0.3, 0.4) is 0 Å². The van der Waals surface area contributed by atoms with E-state index in [9.17, 15) is 4.79 Å². The largest absolute Gasteiger partial charge is 0.490 e. The van der Waals surface area contributed by atoms with Crippen molar-refractivity contribution in [2.75, 3.05) is 5.32 Å². The van der Waals surface area contributed by atoms with Gasteiger partial charge in [0, 0.05) is 23.3 Å². The van der Waals surface area contributed by atoms with E-state index in [2.05, 4.69) is 10.3 Å². The minimum Gasteiger partial charge on any atom is -0.490 e. The summed E-state index contributed by atoms with van der Waals surface area (Å²) >= 11 is 0. The molecule has 1 N–H and O–H groups in total. The molecule has 1 aliphatic rings. The molecule has 0 aliphatic heterocycles. The van der Waals surface area contributed by atoms with Crippen molar-refractivity contribution in [1.29, 1.82) is 0 Å². The fraction of sp³-hybridized carbons (Fsp3) is 0.238. The van der Waals surface area contributed by atoms with Gasteiger partial charge in [-0.1, -0.05) is 24.3 Å². The summed E-state index contributed by atoms with van der Waals surface area (Å²) in [6, 6.07) is 17.0. The number of carbonyl (C=O) groups is 1. The quantitative estimate of drug-likeness (QED) is 0.746. The van der Waals surface area contributed by atoms with Crippen LogP contribution in [-0.2, 0) is 0 Å². The molecule has 4 rings (SSSR count). The maximum Gasteiger partial charge on any atom is 0.256 e. The number of anilines is 1. The van der Waals surface area contributed by atoms with Crippen molar-refractivity contribution >= 4 is 22.5 Å². The zero-order chi connectivity index (χ0) is 17.1. The van der Waals surface area contributed by atoms with Gasteiger partial charge in [-0.25, -0.2) is 0 Å². The van der Waals surface area contributed by atoms with E-state index in [1.807, 2.05) is 48.5 Å². The van der Waals surface area contributed by atoms with Crippen molar-refractivity contribution in [2.24, 2.45) is 0 Å². The minimum absolute atomic E-state index is 0.142. The van der Waals surface area contributed by atoms with Crippen LogP contribution in [0, 0.1) is 0 Å². The average molecular weight is 332 g/mol. The van der Waals surface area contributed by atoms with Gasteiger partial charge in [0.2, 0.25) is 0 Å². The number of para-hydroxylation sites is 1. The van der Waals surface area contributed by atoms with Crippen LogP contribution in [0.2, 0.25) is 0 Å². The zero-order valence-electron chi connectivity index (χ0n) is 13.9. The lowest BCUT2D eigenvalue weighted by atomic mass is 10.1. The standard InChI is InChI=1S/C21H20N2O2/c24-21(19-12-13-22-20-11-4-3-10-18(19)20)23-15-6-5-9-17(14-15)25-16-7-1-2-8-16/h3-6,9-14,16H,1-2,7-8H2,(H,23,24). The maximum absolute atomic E-state index is 12.7. The highest BCUT2D eigenvalue weighted by Gasteiger charge is 2.17. The number of aromatic nitrogens is 1. The summed E-state index contributed by atoms with van der Waals surface area (Å²) in [5.41, 5.74) is 2.17. The molecule has 0 unspecified atom stereocenters. The Bertz CT molecular complexity index is 896. The molecule has 4 heteroatoms. The van der Waals surface area contributed by atoms with Gasteiger partial charge in [-0.05, 0) is 49.9 Å². The smallest absolute Gasteiger partial charge is 0.256 e. The molecule has 1 fully saturated rings. The Morgan fingerprint density at radius 2 is 1.88 bits per heavy atom. The summed E-state index contributed by atoms with van der Waals surface area (Å²) in [5, 5.41) is 3.82. The number of ether oxygens (including phenoxy) is 1. The predicted molar refractivity (Wildman–Crippen MR) is 99.0 cm³/mol. The Kier molecular flexibility index (Phi) is 4.34. The highest BCUT2D eigenvalue weighted by molar-refractivity contribution is 6.12. The number of fused-ring (bicyclic) bond motifs is 1. The van der Waals surface area contributed by atoms with E-state index in [4.69, 9.17) is 4.74 Å². The van der Waals surface area contributed by atoms with Crippen LogP contribution in [0.1, 0.15) is 36.0 Å². The van der Waals surface area contributed by atoms with Crippen molar-refractivity contribution in [3.8, 4) is 5.75 Å². The molecular formula is C21H20N2O2. The average Bonchev–Trinajstić information content (AvgIpc) is 3.14. The lowest BCUT2D eigenvalue weighted by Crippen LogP contribution is -2.14. The first-order valence-electron chi connectivity index (χ1n) is 8.71. The van der Waals surface area contributed by atoms with E-state index in [0.717, 1.165) is 35.2 Å². The Hall–Kier alpha value is -2.88. The van der Waals surface area contributed by atoms with Crippen LogP contribution in [0.25, 0.3) is 10.9 Å². The molecule has 0 radical (unpaired) electrons. The van der Waals surface area contributed by atoms with Gasteiger partial charge in [0.05, 0.1) is 17.2 Å². The SMILES string of the molecule is O=C(Nc1cccc(OC2CCCC2)c1)c1ccnc2ccccc12. The number of nitrogens with one attached hydrogen (secondary N) is 1. The highest BCUT2D eigenvalue weighted by Crippen LogP contribution is 2.26. The summed E-state index contributed by atoms with van der Waals surface area (Å²) in [4.78, 5) is 17.0. The first-order chi connectivity index (χ1) is 12.3. The number of nitrogens with zero attached hydrogens (tertiary/aromatic N) is 1. The first kappa shape index (κ1) is 15.6. The lowest BCUT2D eigenvalue weighted by Gasteiger charge is -2.14. The summed E-state index contributed by atoms with van der Waals surface area (Å²) in [5.74, 6) is 0.668. The third-order valence-corrected chi connectivity index (χ3v) is 4.59. The Morgan fingerprint density at radius 1 is 1.04 bits per heavy atom. The van der Waals surface area contributed by atoms with Gasteiger partial charge in [0.15, 0.2) is 0 Å². The van der Waals surface area contributed by atoms with Crippen LogP contribution >= 0.6 is 0 Å². The van der Waals surface area contributed by atoms with Crippen molar-refractivity contribution < 1.29 is 9.53 Å². The molecule has 1 saturated carbocycles. The van der Waals surface area contributed by atoms with Crippen molar-refractivity contribution in [1.82, 2.24) is 4.98 Å². The van der Waals surface area contributed by atoms with Crippen LogP contribution < -0.4 is 10.1 Å². The minimum atomic E-state index is -0.142. The second kappa shape index (κ2) is 6.93. The lowest BCUT2D eigenvalue weighted by molar-refractivity contribution is 0.102. The van der Waals surface area contributed by atoms with Crippen LogP contribution in [0.4, 0.5) is 5.69 Å². The summed E-state index contributed by atoms with van der Waals surface area (Å²) in [6.07, 6.45) is 6.65. The Morgan fingerprint density at radius 3 is 2.76 bits per heavy atom. The predicted octanol–water partition coefficient (Wildman–Crippen LogP) is 4.81. The first-order valence-corrected chi connectivity index (χ1v) is 8.71. The zero-order valence-corrected chi connectivity index (χ0v) is 13.9. The van der Waals surface area contributed by atoms with E-state index in [-0.39, 0.29) is 5.91 Å². The van der Waals surface area contributed by atoms with E-state index < -0.39 is 0 Å². The number of hydrogen-bond acceptors (Lipinski definition) is 3. The second-order valence-electron chi connectivity index (χ2n) is 6.38. The molecule has 1 amide bonds. The molecule has 1 aromatic heterocycles. The van der Waals surface area contributed by atoms with Crippen molar-refractivity contribution in [2.45, 2.75) is 31.8 Å². The van der Waals surface area contributed by atoms with E-state index in [1.165, 1.54) is 12.8 Å². The highest BCUT2D eigenvalue weighted by atomic mass is 16.5. The normalized spacial score (nSPS) is 14.6. The molecule has 126 valence electrons. The van der Waals surface area contributed by atoms with Gasteiger partial charge < -0.3 is 10.1 Å². The molecule has 2 aromatic carbocycles. The molecule has 25 heavy (non-hydrogen) atoms. The van der Waals surface area contributed by atoms with E-state index >= 15 is 0 Å². The van der Waals surface area contributed by atoms with E-state index in [0.29, 0.717) is 11.7 Å². The number of carbonyl (C=O) groups excluding carboxylic acids is 1. The van der Waals surface area contributed by atoms with Crippen molar-refractivity contribution in [3.63, 3.8) is 0 Å². The fourth-order valence-electron chi connectivity index (χ4n) is 3.34. The molecule has 0 atom stereocenters. The van der Waals surface area contributed by atoms with Gasteiger partial charge >= 0.3 is 0 Å². The Balaban J connectivity index is 1.54. The number of amides is 1. The van der Waals surface area contributed by atoms with Crippen molar-refractivity contribution in [3.05, 3.63) is 66.4 Å². The van der Waals surface area contributed by atoms with Gasteiger partial charge in [-0.3, -0.25) is 9.78 Å². The molecule has 3 aromatic rings. The molecule has 1 aliphatic carbocycles. The number of rotatable bonds is 4. The molecule has 0 saturated heterocycles. The molecular weight excluding hydrogens is 312 g/mol. The van der Waals surface area contributed by atoms with Crippen LogP contribution in [0.5, 0.6) is 5.75 Å². The number of hydrogen-bond donors (Lipinski definition) is 1. The Labute approximate surface area is 146 Å². The third kappa shape index (κ3) is 3.48. The number of benzene rings is 2. The molecule has 0 spiro atoms. The van der Waals surface area contributed by atoms with Gasteiger partial charge in [0.1, 0.15) is 5.75 Å². The maximum atomic E-state index is 12.7. The summed E-state index contributed by atoms with van der Waals surface area (Å²) in [6.45, 7) is 0. The summed E-state index contributed by atoms with van der Waals surface area (Å²) in [7, 11) is 0. The monoisotopic (exact) mass is 332 g/mol. The topological polar surface area (TPSA) is 51.2 Å². The third-order valence-electron chi connectivity index (χ3n) is 4.59. The van der Waals surface area contributed by atoms with Crippen LogP contribution in [-0.4, -0.2) is 17.0 Å². The molecule has 1 heterocycles. The van der Waals surface area contributed by atoms with Gasteiger partial charge in [-0.2, -0.15) is 0 Å². The number of pyridine rings is 1. The summed E-state index contributed by atoms with van der Waals surface area (Å²) < 4.78 is 6.01. The van der Waals surface area contributed by atoms with Gasteiger partial charge in [0.25, 0.3) is 5.91 Å². The molecule has 4 nitrogen and oxygen atoms in total. The van der Waals surface area contributed by atoms with E-state index in [1.54, 1.807) is 12.3 Å². The molecule has 0 bridgehead atoms. The second-order valence-corrected chi connectivity index (χ2v) is 6.38. The fourth-order valence-corrected chi connectivity index (χ4v) is 3.34. The van der Waals surface area contributed by atoms with Crippen LogP contribution in [0.15, 0.2) is 60.8 Å².